The topological polar surface area (TPSA) is 58.4 Å². The predicted octanol–water partition coefficient (Wildman–Crippen LogP) is 1.36. The molecular weight excluding hydrogens is 276 g/mol. The molecule has 1 atom stereocenters. The maximum Gasteiger partial charge on any atom is 0.238 e. The van der Waals surface area contributed by atoms with Gasteiger partial charge in [-0.25, -0.2) is 8.78 Å². The minimum Gasteiger partial charge on any atom is -0.326 e. The van der Waals surface area contributed by atoms with Gasteiger partial charge in [-0.05, 0) is 18.6 Å². The molecule has 0 aliphatic carbocycles. The summed E-state index contributed by atoms with van der Waals surface area (Å²) in [6.07, 6.45) is 0.859. The summed E-state index contributed by atoms with van der Waals surface area (Å²) in [6, 6.07) is 3.14. The lowest BCUT2D eigenvalue weighted by molar-refractivity contribution is -0.117. The lowest BCUT2D eigenvalue weighted by atomic mass is 10.3. The molecule has 0 radical (unpaired) electrons. The maximum atomic E-state index is 13.3. The van der Waals surface area contributed by atoms with E-state index < -0.39 is 11.6 Å². The lowest BCUT2D eigenvalue weighted by Crippen LogP contribution is -2.33. The van der Waals surface area contributed by atoms with Crippen LogP contribution in [0.5, 0.6) is 0 Å². The van der Waals surface area contributed by atoms with E-state index in [-0.39, 0.29) is 36.6 Å². The molecule has 0 unspecified atom stereocenters. The SMILES string of the molecule is Cl.N[C@@H]1CCN(CC(=O)Nc2ccc(F)cc2F)C1. The standard InChI is InChI=1S/C12H15F2N3O.ClH/c13-8-1-2-11(10(14)5-8)16-12(18)7-17-4-3-9(15)6-17;/h1-2,5,9H,3-4,6-7,15H2,(H,16,18);1H/t9-;/m1./s1. The first kappa shape index (κ1) is 15.8. The van der Waals surface area contributed by atoms with Gasteiger partial charge in [-0.15, -0.1) is 12.4 Å². The number of hydrogen-bond acceptors (Lipinski definition) is 3. The Bertz CT molecular complexity index is 459. The molecule has 4 nitrogen and oxygen atoms in total. The highest BCUT2D eigenvalue weighted by atomic mass is 35.5. The summed E-state index contributed by atoms with van der Waals surface area (Å²) in [5.41, 5.74) is 5.71. The van der Waals surface area contributed by atoms with Gasteiger partial charge in [-0.1, -0.05) is 0 Å². The summed E-state index contributed by atoms with van der Waals surface area (Å²) in [4.78, 5) is 13.6. The van der Waals surface area contributed by atoms with Gasteiger partial charge < -0.3 is 11.1 Å². The number of carbonyl (C=O) groups excluding carboxylic acids is 1. The van der Waals surface area contributed by atoms with Gasteiger partial charge in [0.2, 0.25) is 5.91 Å². The first-order valence-corrected chi connectivity index (χ1v) is 5.77. The van der Waals surface area contributed by atoms with Crippen molar-refractivity contribution < 1.29 is 13.6 Å². The van der Waals surface area contributed by atoms with Crippen LogP contribution < -0.4 is 11.1 Å². The molecule has 0 saturated carbocycles. The second kappa shape index (κ2) is 6.79. The van der Waals surface area contributed by atoms with E-state index in [1.165, 1.54) is 6.07 Å². The minimum atomic E-state index is -0.776. The van der Waals surface area contributed by atoms with E-state index in [4.69, 9.17) is 5.73 Å². The third-order valence-electron chi connectivity index (χ3n) is 2.88. The van der Waals surface area contributed by atoms with Gasteiger partial charge in [0, 0.05) is 25.2 Å². The van der Waals surface area contributed by atoms with Crippen molar-refractivity contribution in [3.63, 3.8) is 0 Å². The molecule has 1 fully saturated rings. The van der Waals surface area contributed by atoms with E-state index in [0.717, 1.165) is 25.1 Å². The second-order valence-corrected chi connectivity index (χ2v) is 4.46. The van der Waals surface area contributed by atoms with E-state index in [2.05, 4.69) is 5.32 Å². The van der Waals surface area contributed by atoms with Crippen LogP contribution >= 0.6 is 12.4 Å². The van der Waals surface area contributed by atoms with Crippen molar-refractivity contribution in [3.8, 4) is 0 Å². The van der Waals surface area contributed by atoms with Crippen molar-refractivity contribution in [1.29, 1.82) is 0 Å². The molecule has 1 aliphatic rings. The highest BCUT2D eigenvalue weighted by Crippen LogP contribution is 2.15. The van der Waals surface area contributed by atoms with Gasteiger partial charge in [0.25, 0.3) is 0 Å². The van der Waals surface area contributed by atoms with Crippen molar-refractivity contribution in [1.82, 2.24) is 4.90 Å². The highest BCUT2D eigenvalue weighted by molar-refractivity contribution is 5.92. The number of benzene rings is 1. The molecule has 1 saturated heterocycles. The minimum absolute atomic E-state index is 0. The number of halogens is 3. The molecule has 3 N–H and O–H groups in total. The van der Waals surface area contributed by atoms with Gasteiger partial charge in [0.15, 0.2) is 0 Å². The summed E-state index contributed by atoms with van der Waals surface area (Å²) < 4.78 is 26.0. The molecule has 2 rings (SSSR count). The number of nitrogens with two attached hydrogens (primary N) is 1. The van der Waals surface area contributed by atoms with E-state index in [1.54, 1.807) is 0 Å². The molecular formula is C12H16ClF2N3O. The number of rotatable bonds is 3. The Morgan fingerprint density at radius 2 is 2.21 bits per heavy atom. The average Bonchev–Trinajstić information content (AvgIpc) is 2.68. The summed E-state index contributed by atoms with van der Waals surface area (Å²) in [7, 11) is 0. The van der Waals surface area contributed by atoms with Crippen LogP contribution in [0.2, 0.25) is 0 Å². The maximum absolute atomic E-state index is 13.3. The van der Waals surface area contributed by atoms with Crippen molar-refractivity contribution in [3.05, 3.63) is 29.8 Å². The van der Waals surface area contributed by atoms with Gasteiger partial charge in [-0.3, -0.25) is 9.69 Å². The molecule has 0 aromatic heterocycles. The fourth-order valence-electron chi connectivity index (χ4n) is 1.99. The molecule has 1 aliphatic heterocycles. The zero-order chi connectivity index (χ0) is 13.1. The number of nitrogens with one attached hydrogen (secondary N) is 1. The lowest BCUT2D eigenvalue weighted by Gasteiger charge is -2.14. The molecule has 1 heterocycles. The Labute approximate surface area is 116 Å². The van der Waals surface area contributed by atoms with Crippen LogP contribution in [-0.2, 0) is 4.79 Å². The van der Waals surface area contributed by atoms with Crippen LogP contribution in [0.3, 0.4) is 0 Å². The van der Waals surface area contributed by atoms with Crippen molar-refractivity contribution in [2.24, 2.45) is 5.73 Å². The smallest absolute Gasteiger partial charge is 0.238 e. The van der Waals surface area contributed by atoms with Crippen molar-refractivity contribution in [2.75, 3.05) is 25.0 Å². The summed E-state index contributed by atoms with van der Waals surface area (Å²) in [6.45, 7) is 1.60. The fourth-order valence-corrected chi connectivity index (χ4v) is 1.99. The Morgan fingerprint density at radius 3 is 2.79 bits per heavy atom. The van der Waals surface area contributed by atoms with Gasteiger partial charge in [0.1, 0.15) is 11.6 Å². The fraction of sp³-hybridized carbons (Fsp3) is 0.417. The van der Waals surface area contributed by atoms with Crippen molar-refractivity contribution in [2.45, 2.75) is 12.5 Å². The van der Waals surface area contributed by atoms with Crippen LogP contribution in [0.15, 0.2) is 18.2 Å². The molecule has 106 valence electrons. The number of amides is 1. The Balaban J connectivity index is 0.00000180. The van der Waals surface area contributed by atoms with Gasteiger partial charge in [-0.2, -0.15) is 0 Å². The molecule has 7 heteroatoms. The van der Waals surface area contributed by atoms with Gasteiger partial charge >= 0.3 is 0 Å². The van der Waals surface area contributed by atoms with E-state index >= 15 is 0 Å². The average molecular weight is 292 g/mol. The molecule has 1 amide bonds. The number of hydrogen-bond donors (Lipinski definition) is 2. The number of anilines is 1. The quantitative estimate of drug-likeness (QED) is 0.884. The normalized spacial score (nSPS) is 19.0. The molecule has 1 aromatic rings. The molecule has 0 spiro atoms. The first-order chi connectivity index (χ1) is 8.54. The number of carbonyl (C=O) groups is 1. The Morgan fingerprint density at radius 1 is 1.47 bits per heavy atom. The summed E-state index contributed by atoms with van der Waals surface area (Å²) >= 11 is 0. The molecule has 0 bridgehead atoms. The summed E-state index contributed by atoms with van der Waals surface area (Å²) in [5.74, 6) is -1.77. The number of likely N-dealkylation sites (tertiary alicyclic amines) is 1. The largest absolute Gasteiger partial charge is 0.326 e. The monoisotopic (exact) mass is 291 g/mol. The predicted molar refractivity (Wildman–Crippen MR) is 71.3 cm³/mol. The van der Waals surface area contributed by atoms with Gasteiger partial charge in [0.05, 0.1) is 12.2 Å². The Hall–Kier alpha value is -1.24. The number of nitrogens with zero attached hydrogens (tertiary/aromatic N) is 1. The van der Waals surface area contributed by atoms with Crippen LogP contribution in [0.1, 0.15) is 6.42 Å². The van der Waals surface area contributed by atoms with E-state index in [0.29, 0.717) is 6.54 Å². The second-order valence-electron chi connectivity index (χ2n) is 4.46. The third-order valence-corrected chi connectivity index (χ3v) is 2.88. The Kier molecular flexibility index (Phi) is 5.65. The zero-order valence-electron chi connectivity index (χ0n) is 10.2. The summed E-state index contributed by atoms with van der Waals surface area (Å²) in [5, 5.41) is 2.42. The van der Waals surface area contributed by atoms with E-state index in [9.17, 15) is 13.6 Å². The zero-order valence-corrected chi connectivity index (χ0v) is 11.1. The van der Waals surface area contributed by atoms with Crippen molar-refractivity contribution >= 4 is 24.0 Å². The molecule has 19 heavy (non-hydrogen) atoms. The van der Waals surface area contributed by atoms with Crippen LogP contribution in [0, 0.1) is 11.6 Å². The third kappa shape index (κ3) is 4.41. The molecule has 1 aromatic carbocycles. The highest BCUT2D eigenvalue weighted by Gasteiger charge is 2.21. The van der Waals surface area contributed by atoms with Crippen LogP contribution in [0.4, 0.5) is 14.5 Å². The van der Waals surface area contributed by atoms with Crippen LogP contribution in [-0.4, -0.2) is 36.5 Å². The van der Waals surface area contributed by atoms with Crippen LogP contribution in [0.25, 0.3) is 0 Å². The first-order valence-electron chi connectivity index (χ1n) is 5.77. The van der Waals surface area contributed by atoms with E-state index in [1.807, 2.05) is 4.90 Å².